The second-order valence-electron chi connectivity index (χ2n) is 5.11. The average molecular weight is 343 g/mol. The summed E-state index contributed by atoms with van der Waals surface area (Å²) in [5, 5.41) is 1.23. The van der Waals surface area contributed by atoms with Gasteiger partial charge in [0.25, 0.3) is 0 Å². The van der Waals surface area contributed by atoms with Crippen molar-refractivity contribution in [1.29, 1.82) is 0 Å². The number of hydrogen-bond donors (Lipinski definition) is 0. The molecule has 1 aliphatic rings. The zero-order chi connectivity index (χ0) is 14.3. The zero-order valence-electron chi connectivity index (χ0n) is 11.4. The van der Waals surface area contributed by atoms with Gasteiger partial charge in [-0.3, -0.25) is 9.78 Å². The third kappa shape index (κ3) is 2.94. The fourth-order valence-electron chi connectivity index (χ4n) is 2.89. The second-order valence-corrected chi connectivity index (χ2v) is 5.93. The molecule has 1 atom stereocenters. The first-order valence-corrected chi connectivity index (χ1v) is 7.25. The summed E-state index contributed by atoms with van der Waals surface area (Å²) >= 11 is 12.5. The predicted octanol–water partition coefficient (Wildman–Crippen LogP) is 5.03. The Balaban J connectivity index is 0.00000161. The first-order valence-electron chi connectivity index (χ1n) is 6.49. The number of ketones is 1. The largest absolute Gasteiger partial charge is 0.294 e. The van der Waals surface area contributed by atoms with Crippen LogP contribution in [0, 0.1) is 6.92 Å². The molecule has 110 valence electrons. The molecule has 0 spiro atoms. The summed E-state index contributed by atoms with van der Waals surface area (Å²) in [5.74, 6) is 0.128. The van der Waals surface area contributed by atoms with Crippen molar-refractivity contribution in [3.8, 4) is 0 Å². The Labute approximate surface area is 139 Å². The van der Waals surface area contributed by atoms with Gasteiger partial charge in [-0.15, -0.1) is 12.4 Å². The van der Waals surface area contributed by atoms with Crippen LogP contribution in [0.4, 0.5) is 0 Å². The van der Waals surface area contributed by atoms with E-state index in [9.17, 15) is 4.79 Å². The molecule has 1 aliphatic carbocycles. The van der Waals surface area contributed by atoms with Crippen LogP contribution in [0.1, 0.15) is 39.5 Å². The van der Waals surface area contributed by atoms with Crippen LogP contribution in [0.15, 0.2) is 30.5 Å². The van der Waals surface area contributed by atoms with Crippen LogP contribution in [0.5, 0.6) is 0 Å². The van der Waals surface area contributed by atoms with Crippen LogP contribution >= 0.6 is 35.6 Å². The number of aryl methyl sites for hydroxylation is 1. The minimum absolute atomic E-state index is 0. The fraction of sp³-hybridized carbons (Fsp3) is 0.250. The first kappa shape index (κ1) is 16.3. The van der Waals surface area contributed by atoms with Gasteiger partial charge in [0, 0.05) is 28.2 Å². The Bertz CT molecular complexity index is 680. The molecule has 1 heterocycles. The van der Waals surface area contributed by atoms with Crippen molar-refractivity contribution in [1.82, 2.24) is 4.98 Å². The van der Waals surface area contributed by atoms with E-state index in [1.54, 1.807) is 6.20 Å². The van der Waals surface area contributed by atoms with E-state index >= 15 is 0 Å². The highest BCUT2D eigenvalue weighted by molar-refractivity contribution is 6.36. The molecule has 0 fully saturated rings. The van der Waals surface area contributed by atoms with Gasteiger partial charge in [-0.05, 0) is 48.6 Å². The van der Waals surface area contributed by atoms with E-state index in [2.05, 4.69) is 4.98 Å². The Kier molecular flexibility index (Phi) is 4.92. The smallest absolute Gasteiger partial charge is 0.165 e. The molecule has 0 saturated heterocycles. The molecule has 2 nitrogen and oxygen atoms in total. The maximum absolute atomic E-state index is 12.4. The van der Waals surface area contributed by atoms with Crippen molar-refractivity contribution < 1.29 is 4.79 Å². The first-order chi connectivity index (χ1) is 9.58. The van der Waals surface area contributed by atoms with Gasteiger partial charge in [0.05, 0.1) is 5.69 Å². The summed E-state index contributed by atoms with van der Waals surface area (Å²) in [4.78, 5) is 16.7. The van der Waals surface area contributed by atoms with E-state index < -0.39 is 0 Å². The van der Waals surface area contributed by atoms with Gasteiger partial charge in [-0.25, -0.2) is 0 Å². The number of fused-ring (bicyclic) bond motifs is 1. The molecule has 5 heteroatoms. The molecule has 0 saturated carbocycles. The summed E-state index contributed by atoms with van der Waals surface area (Å²) in [6.07, 6.45) is 2.88. The van der Waals surface area contributed by atoms with Gasteiger partial charge in [-0.2, -0.15) is 0 Å². The van der Waals surface area contributed by atoms with Crippen LogP contribution in [0.2, 0.25) is 10.0 Å². The van der Waals surface area contributed by atoms with Crippen LogP contribution in [-0.4, -0.2) is 10.8 Å². The lowest BCUT2D eigenvalue weighted by Crippen LogP contribution is -2.21. The second kappa shape index (κ2) is 6.35. The summed E-state index contributed by atoms with van der Waals surface area (Å²) in [6, 6.07) is 7.31. The number of pyridine rings is 1. The maximum Gasteiger partial charge on any atom is 0.165 e. The molecule has 2 aromatic rings. The SMILES string of the molecule is Cc1ccnc2c1C(=O)CC(c1c(Cl)cccc1Cl)C2.Cl. The standard InChI is InChI=1S/C16H13Cl2NO.ClH/c1-9-5-6-19-13-7-10(8-14(20)15(9)13)16-11(17)3-2-4-12(16)18;/h2-6,10H,7-8H2,1H3;1H. The van der Waals surface area contributed by atoms with Crippen LogP contribution in [-0.2, 0) is 6.42 Å². The zero-order valence-corrected chi connectivity index (χ0v) is 13.7. The number of Topliss-reactive ketones (excluding diaryl/α,β-unsaturated/α-hetero) is 1. The van der Waals surface area contributed by atoms with Crippen molar-refractivity contribution in [2.24, 2.45) is 0 Å². The van der Waals surface area contributed by atoms with Gasteiger partial charge in [-0.1, -0.05) is 29.3 Å². The number of hydrogen-bond acceptors (Lipinski definition) is 2. The summed E-state index contributed by atoms with van der Waals surface area (Å²) < 4.78 is 0. The van der Waals surface area contributed by atoms with Gasteiger partial charge < -0.3 is 0 Å². The number of carbonyl (C=O) groups is 1. The molecule has 1 aromatic heterocycles. The molecule has 0 amide bonds. The molecule has 1 aromatic carbocycles. The third-order valence-corrected chi connectivity index (χ3v) is 4.46. The summed E-state index contributed by atoms with van der Waals surface area (Å²) in [7, 11) is 0. The number of nitrogens with zero attached hydrogens (tertiary/aromatic N) is 1. The van der Waals surface area contributed by atoms with Crippen molar-refractivity contribution in [2.45, 2.75) is 25.7 Å². The lowest BCUT2D eigenvalue weighted by atomic mass is 9.80. The molecule has 0 N–H and O–H groups in total. The van der Waals surface area contributed by atoms with E-state index in [1.807, 2.05) is 31.2 Å². The highest BCUT2D eigenvalue weighted by atomic mass is 35.5. The number of aromatic nitrogens is 1. The minimum atomic E-state index is 0. The third-order valence-electron chi connectivity index (χ3n) is 3.80. The molecule has 21 heavy (non-hydrogen) atoms. The number of carbonyl (C=O) groups excluding carboxylic acids is 1. The summed E-state index contributed by atoms with van der Waals surface area (Å²) in [6.45, 7) is 1.95. The van der Waals surface area contributed by atoms with Crippen molar-refractivity contribution in [3.05, 3.63) is 62.9 Å². The number of rotatable bonds is 1. The number of benzene rings is 1. The minimum Gasteiger partial charge on any atom is -0.294 e. The molecule has 0 bridgehead atoms. The average Bonchev–Trinajstić information content (AvgIpc) is 2.38. The molecule has 1 unspecified atom stereocenters. The molecule has 0 aliphatic heterocycles. The topological polar surface area (TPSA) is 30.0 Å². The quantitative estimate of drug-likeness (QED) is 0.727. The Hall–Kier alpha value is -1.09. The van der Waals surface area contributed by atoms with Crippen molar-refractivity contribution in [2.75, 3.05) is 0 Å². The van der Waals surface area contributed by atoms with E-state index in [1.165, 1.54) is 0 Å². The lowest BCUT2D eigenvalue weighted by molar-refractivity contribution is 0.0962. The van der Waals surface area contributed by atoms with Crippen molar-refractivity contribution in [3.63, 3.8) is 0 Å². The number of halogens is 3. The van der Waals surface area contributed by atoms with E-state index in [0.717, 1.165) is 22.4 Å². The highest BCUT2D eigenvalue weighted by Gasteiger charge is 2.30. The highest BCUT2D eigenvalue weighted by Crippen LogP contribution is 2.39. The van der Waals surface area contributed by atoms with Gasteiger partial charge in [0.1, 0.15) is 0 Å². The fourth-order valence-corrected chi connectivity index (χ4v) is 3.59. The van der Waals surface area contributed by atoms with Gasteiger partial charge in [0.2, 0.25) is 0 Å². The van der Waals surface area contributed by atoms with Crippen LogP contribution < -0.4 is 0 Å². The molecular weight excluding hydrogens is 329 g/mol. The van der Waals surface area contributed by atoms with E-state index in [0.29, 0.717) is 22.9 Å². The molecular formula is C16H14Cl3NO. The lowest BCUT2D eigenvalue weighted by Gasteiger charge is -2.25. The van der Waals surface area contributed by atoms with Crippen LogP contribution in [0.3, 0.4) is 0 Å². The van der Waals surface area contributed by atoms with Gasteiger partial charge >= 0.3 is 0 Å². The molecule has 3 rings (SSSR count). The predicted molar refractivity (Wildman–Crippen MR) is 88.1 cm³/mol. The van der Waals surface area contributed by atoms with Crippen molar-refractivity contribution >= 4 is 41.4 Å². The van der Waals surface area contributed by atoms with E-state index in [-0.39, 0.29) is 24.1 Å². The van der Waals surface area contributed by atoms with E-state index in [4.69, 9.17) is 23.2 Å². The monoisotopic (exact) mass is 341 g/mol. The van der Waals surface area contributed by atoms with Gasteiger partial charge in [0.15, 0.2) is 5.78 Å². The Morgan fingerprint density at radius 2 is 1.81 bits per heavy atom. The Morgan fingerprint density at radius 1 is 1.14 bits per heavy atom. The maximum atomic E-state index is 12.4. The van der Waals surface area contributed by atoms with Crippen LogP contribution in [0.25, 0.3) is 0 Å². The normalized spacial score (nSPS) is 17.1. The Morgan fingerprint density at radius 3 is 2.48 bits per heavy atom. The summed E-state index contributed by atoms with van der Waals surface area (Å²) in [5.41, 5.74) is 3.47. The molecule has 0 radical (unpaired) electrons.